The molecular formula is C17H16F2N2O2S. The molecule has 24 heavy (non-hydrogen) atoms. The van der Waals surface area contributed by atoms with E-state index in [2.05, 4.69) is 10.6 Å². The Balaban J connectivity index is 2.12. The molecule has 2 aromatic carbocycles. The number of carbonyl (C=O) groups excluding carboxylic acids is 2. The third kappa shape index (κ3) is 5.06. The molecule has 0 aliphatic carbocycles. The van der Waals surface area contributed by atoms with Crippen LogP contribution in [0.5, 0.6) is 0 Å². The minimum Gasteiger partial charge on any atom is -0.326 e. The van der Waals surface area contributed by atoms with E-state index >= 15 is 0 Å². The van der Waals surface area contributed by atoms with Gasteiger partial charge in [0.05, 0.1) is 0 Å². The van der Waals surface area contributed by atoms with E-state index in [1.807, 2.05) is 6.92 Å². The first-order valence-electron chi connectivity index (χ1n) is 7.09. The standard InChI is InChI=1S/C17H16F2N2O2S/c1-10-3-6-13(20-11(2)22)9-15(10)21-16(23)12-4-7-14(8-5-12)24-17(18)19/h3-9,17H,1-2H3,(H,20,22)(H,21,23). The van der Waals surface area contributed by atoms with Crippen LogP contribution < -0.4 is 10.6 Å². The number of hydrogen-bond donors (Lipinski definition) is 2. The molecule has 0 unspecified atom stereocenters. The molecule has 0 saturated heterocycles. The number of carbonyl (C=O) groups is 2. The molecule has 0 aromatic heterocycles. The number of benzene rings is 2. The summed E-state index contributed by atoms with van der Waals surface area (Å²) in [5.41, 5.74) is 2.34. The molecule has 2 aromatic rings. The average Bonchev–Trinajstić information content (AvgIpc) is 2.50. The number of aryl methyl sites for hydroxylation is 1. The zero-order chi connectivity index (χ0) is 17.7. The lowest BCUT2D eigenvalue weighted by atomic mass is 10.1. The van der Waals surface area contributed by atoms with E-state index in [9.17, 15) is 18.4 Å². The van der Waals surface area contributed by atoms with Crippen LogP contribution >= 0.6 is 11.8 Å². The molecule has 0 aliphatic rings. The number of amides is 2. The van der Waals surface area contributed by atoms with Crippen LogP contribution in [-0.4, -0.2) is 17.6 Å². The maximum absolute atomic E-state index is 12.3. The molecule has 0 bridgehead atoms. The van der Waals surface area contributed by atoms with E-state index in [1.54, 1.807) is 18.2 Å². The van der Waals surface area contributed by atoms with E-state index in [4.69, 9.17) is 0 Å². The smallest absolute Gasteiger partial charge is 0.288 e. The van der Waals surface area contributed by atoms with Gasteiger partial charge in [0.15, 0.2) is 0 Å². The molecule has 0 spiro atoms. The molecule has 2 rings (SSSR count). The minimum atomic E-state index is -2.50. The summed E-state index contributed by atoms with van der Waals surface area (Å²) in [5, 5.41) is 5.40. The summed E-state index contributed by atoms with van der Waals surface area (Å²) >= 11 is 0.428. The molecule has 2 amide bonds. The summed E-state index contributed by atoms with van der Waals surface area (Å²) in [6.07, 6.45) is 0. The summed E-state index contributed by atoms with van der Waals surface area (Å²) in [4.78, 5) is 23.8. The average molecular weight is 350 g/mol. The maximum atomic E-state index is 12.3. The van der Waals surface area contributed by atoms with Crippen LogP contribution in [-0.2, 0) is 4.79 Å². The highest BCUT2D eigenvalue weighted by Crippen LogP contribution is 2.26. The van der Waals surface area contributed by atoms with Crippen molar-refractivity contribution in [1.29, 1.82) is 0 Å². The zero-order valence-corrected chi connectivity index (χ0v) is 13.9. The van der Waals surface area contributed by atoms with Crippen molar-refractivity contribution in [3.63, 3.8) is 0 Å². The third-order valence-corrected chi connectivity index (χ3v) is 3.87. The topological polar surface area (TPSA) is 58.2 Å². The van der Waals surface area contributed by atoms with Gasteiger partial charge in [-0.1, -0.05) is 17.8 Å². The van der Waals surface area contributed by atoms with E-state index in [0.29, 0.717) is 33.6 Å². The van der Waals surface area contributed by atoms with Gasteiger partial charge in [-0.15, -0.1) is 0 Å². The Morgan fingerprint density at radius 3 is 2.29 bits per heavy atom. The lowest BCUT2D eigenvalue weighted by Crippen LogP contribution is -2.13. The number of thioether (sulfide) groups is 1. The highest BCUT2D eigenvalue weighted by molar-refractivity contribution is 7.99. The first-order chi connectivity index (χ1) is 11.3. The first kappa shape index (κ1) is 17.9. The maximum Gasteiger partial charge on any atom is 0.288 e. The van der Waals surface area contributed by atoms with Gasteiger partial charge in [-0.05, 0) is 48.9 Å². The van der Waals surface area contributed by atoms with Gasteiger partial charge in [-0.25, -0.2) is 0 Å². The van der Waals surface area contributed by atoms with Gasteiger partial charge in [-0.2, -0.15) is 8.78 Å². The number of nitrogens with one attached hydrogen (secondary N) is 2. The van der Waals surface area contributed by atoms with E-state index < -0.39 is 5.76 Å². The van der Waals surface area contributed by atoms with Gasteiger partial charge < -0.3 is 10.6 Å². The molecule has 0 radical (unpaired) electrons. The third-order valence-electron chi connectivity index (χ3n) is 3.15. The Hall–Kier alpha value is -2.41. The number of rotatable bonds is 5. The Kier molecular flexibility index (Phi) is 5.92. The fraction of sp³-hybridized carbons (Fsp3) is 0.176. The second-order valence-corrected chi connectivity index (χ2v) is 6.13. The Morgan fingerprint density at radius 1 is 1.04 bits per heavy atom. The number of hydrogen-bond acceptors (Lipinski definition) is 3. The molecule has 0 atom stereocenters. The summed E-state index contributed by atoms with van der Waals surface area (Å²) in [7, 11) is 0. The predicted octanol–water partition coefficient (Wildman–Crippen LogP) is 4.52. The van der Waals surface area contributed by atoms with Crippen molar-refractivity contribution in [2.75, 3.05) is 10.6 Å². The molecular weight excluding hydrogens is 334 g/mol. The van der Waals surface area contributed by atoms with Crippen molar-refractivity contribution in [3.8, 4) is 0 Å². The fourth-order valence-electron chi connectivity index (χ4n) is 2.02. The molecule has 126 valence electrons. The van der Waals surface area contributed by atoms with Gasteiger partial charge in [-0.3, -0.25) is 9.59 Å². The highest BCUT2D eigenvalue weighted by atomic mass is 32.2. The molecule has 2 N–H and O–H groups in total. The summed E-state index contributed by atoms with van der Waals surface area (Å²) in [6, 6.07) is 11.1. The van der Waals surface area contributed by atoms with Crippen LogP contribution in [0.1, 0.15) is 22.8 Å². The molecule has 0 saturated carbocycles. The molecule has 0 heterocycles. The van der Waals surface area contributed by atoms with Gasteiger partial charge >= 0.3 is 0 Å². The second kappa shape index (κ2) is 7.92. The van der Waals surface area contributed by atoms with Crippen molar-refractivity contribution in [2.24, 2.45) is 0 Å². The van der Waals surface area contributed by atoms with Crippen molar-refractivity contribution in [3.05, 3.63) is 53.6 Å². The summed E-state index contributed by atoms with van der Waals surface area (Å²) < 4.78 is 24.6. The number of halogens is 2. The Bertz CT molecular complexity index is 749. The lowest BCUT2D eigenvalue weighted by molar-refractivity contribution is -0.114. The minimum absolute atomic E-state index is 0.205. The molecule has 7 heteroatoms. The SMILES string of the molecule is CC(=O)Nc1ccc(C)c(NC(=O)c2ccc(SC(F)F)cc2)c1. The van der Waals surface area contributed by atoms with Gasteiger partial charge in [0, 0.05) is 28.8 Å². The zero-order valence-electron chi connectivity index (χ0n) is 13.1. The van der Waals surface area contributed by atoms with E-state index in [1.165, 1.54) is 31.2 Å². The number of anilines is 2. The van der Waals surface area contributed by atoms with Crippen LogP contribution in [0.25, 0.3) is 0 Å². The first-order valence-corrected chi connectivity index (χ1v) is 7.97. The largest absolute Gasteiger partial charge is 0.326 e. The number of alkyl halides is 2. The van der Waals surface area contributed by atoms with Crippen LogP contribution in [0.2, 0.25) is 0 Å². The Morgan fingerprint density at radius 2 is 1.71 bits per heavy atom. The van der Waals surface area contributed by atoms with Crippen LogP contribution in [0.4, 0.5) is 20.2 Å². The lowest BCUT2D eigenvalue weighted by Gasteiger charge is -2.11. The van der Waals surface area contributed by atoms with Crippen LogP contribution in [0, 0.1) is 6.92 Å². The monoisotopic (exact) mass is 350 g/mol. The van der Waals surface area contributed by atoms with Crippen molar-refractivity contribution < 1.29 is 18.4 Å². The van der Waals surface area contributed by atoms with Crippen molar-refractivity contribution >= 4 is 35.0 Å². The predicted molar refractivity (Wildman–Crippen MR) is 91.7 cm³/mol. The van der Waals surface area contributed by atoms with Crippen molar-refractivity contribution in [2.45, 2.75) is 24.5 Å². The highest BCUT2D eigenvalue weighted by Gasteiger charge is 2.10. The Labute approximate surface area is 142 Å². The summed E-state index contributed by atoms with van der Waals surface area (Å²) in [6.45, 7) is 3.23. The second-order valence-electron chi connectivity index (χ2n) is 5.07. The van der Waals surface area contributed by atoms with Crippen molar-refractivity contribution in [1.82, 2.24) is 0 Å². The van der Waals surface area contributed by atoms with Crippen LogP contribution in [0.3, 0.4) is 0 Å². The van der Waals surface area contributed by atoms with E-state index in [-0.39, 0.29) is 11.8 Å². The molecule has 4 nitrogen and oxygen atoms in total. The van der Waals surface area contributed by atoms with Gasteiger partial charge in [0.25, 0.3) is 11.7 Å². The van der Waals surface area contributed by atoms with Crippen LogP contribution in [0.15, 0.2) is 47.4 Å². The molecule has 0 aliphatic heterocycles. The fourth-order valence-corrected chi connectivity index (χ4v) is 2.52. The quantitative estimate of drug-likeness (QED) is 0.780. The molecule has 0 fully saturated rings. The van der Waals surface area contributed by atoms with E-state index in [0.717, 1.165) is 5.56 Å². The normalized spacial score (nSPS) is 10.5. The van der Waals surface area contributed by atoms with Gasteiger partial charge in [0.2, 0.25) is 5.91 Å². The van der Waals surface area contributed by atoms with Gasteiger partial charge in [0.1, 0.15) is 0 Å². The summed E-state index contributed by atoms with van der Waals surface area (Å²) in [5.74, 6) is -3.06.